The first-order chi connectivity index (χ1) is 9.58. The minimum absolute atomic E-state index is 0.0986. The Morgan fingerprint density at radius 3 is 3.15 bits per heavy atom. The topological polar surface area (TPSA) is 71.2 Å². The number of hydrogen-bond donors (Lipinski definition) is 2. The molecule has 3 N–H and O–H groups in total. The molecule has 20 heavy (non-hydrogen) atoms. The molecule has 6 heteroatoms. The van der Waals surface area contributed by atoms with Gasteiger partial charge in [0.15, 0.2) is 0 Å². The number of carbonyl (C=O) groups is 1. The monoisotopic (exact) mass is 296 g/mol. The van der Waals surface area contributed by atoms with Gasteiger partial charge in [0, 0.05) is 31.1 Å². The molecule has 2 atom stereocenters. The Morgan fingerprint density at radius 1 is 1.70 bits per heavy atom. The van der Waals surface area contributed by atoms with Gasteiger partial charge >= 0.3 is 0 Å². The van der Waals surface area contributed by atoms with Gasteiger partial charge in [-0.3, -0.25) is 4.79 Å². The second kappa shape index (κ2) is 7.15. The summed E-state index contributed by atoms with van der Waals surface area (Å²) in [5, 5.41) is 5.59. The Balaban J connectivity index is 1.81. The van der Waals surface area contributed by atoms with Crippen molar-refractivity contribution in [3.63, 3.8) is 0 Å². The summed E-state index contributed by atoms with van der Waals surface area (Å²) < 4.78 is 0. The number of nitrogens with one attached hydrogen (secondary N) is 1. The summed E-state index contributed by atoms with van der Waals surface area (Å²) in [7, 11) is 0. The van der Waals surface area contributed by atoms with Crippen molar-refractivity contribution in [3.05, 3.63) is 16.1 Å². The summed E-state index contributed by atoms with van der Waals surface area (Å²) in [6.07, 6.45) is 2.58. The van der Waals surface area contributed by atoms with E-state index in [1.165, 1.54) is 24.2 Å². The number of amides is 1. The fourth-order valence-electron chi connectivity index (χ4n) is 2.69. The average molecular weight is 296 g/mol. The van der Waals surface area contributed by atoms with Gasteiger partial charge < -0.3 is 16.0 Å². The van der Waals surface area contributed by atoms with Gasteiger partial charge in [-0.2, -0.15) is 0 Å². The molecule has 2 heterocycles. The highest BCUT2D eigenvalue weighted by Gasteiger charge is 2.19. The third kappa shape index (κ3) is 4.26. The van der Waals surface area contributed by atoms with E-state index < -0.39 is 0 Å². The molecular formula is C14H24N4OS. The Morgan fingerprint density at radius 2 is 2.50 bits per heavy atom. The zero-order valence-corrected chi connectivity index (χ0v) is 13.1. The van der Waals surface area contributed by atoms with Crippen LogP contribution in [0.2, 0.25) is 0 Å². The number of nitrogens with two attached hydrogens (primary N) is 1. The number of nitrogens with zero attached hydrogens (tertiary/aromatic N) is 2. The number of hydrogen-bond acceptors (Lipinski definition) is 5. The van der Waals surface area contributed by atoms with Crippen LogP contribution in [0, 0.1) is 5.92 Å². The van der Waals surface area contributed by atoms with E-state index in [9.17, 15) is 4.79 Å². The fourth-order valence-corrected chi connectivity index (χ4v) is 3.35. The lowest BCUT2D eigenvalue weighted by Crippen LogP contribution is -2.45. The standard InChI is InChI=1S/C14H24N4OS/c1-10-4-3-5-18(7-10)8-11(2)16-14(19)12-9-20-13(6-15)17-12/h9-11H,3-8,15H2,1-2H3,(H,16,19). The summed E-state index contributed by atoms with van der Waals surface area (Å²) in [6.45, 7) is 7.91. The normalized spacial score (nSPS) is 21.6. The van der Waals surface area contributed by atoms with E-state index in [1.807, 2.05) is 6.92 Å². The molecule has 0 radical (unpaired) electrons. The number of thiazole rings is 1. The summed E-state index contributed by atoms with van der Waals surface area (Å²) in [6, 6.07) is 0.135. The molecule has 0 spiro atoms. The summed E-state index contributed by atoms with van der Waals surface area (Å²) in [5.74, 6) is 0.663. The van der Waals surface area contributed by atoms with Crippen LogP contribution in [0.25, 0.3) is 0 Å². The van der Waals surface area contributed by atoms with E-state index >= 15 is 0 Å². The van der Waals surface area contributed by atoms with Gasteiger partial charge in [0.25, 0.3) is 5.91 Å². The molecule has 1 amide bonds. The Labute approximate surface area is 124 Å². The van der Waals surface area contributed by atoms with Crippen LogP contribution in [-0.2, 0) is 6.54 Å². The molecular weight excluding hydrogens is 272 g/mol. The van der Waals surface area contributed by atoms with E-state index in [4.69, 9.17) is 5.73 Å². The van der Waals surface area contributed by atoms with Crippen molar-refractivity contribution in [1.29, 1.82) is 0 Å². The maximum Gasteiger partial charge on any atom is 0.271 e. The molecule has 0 aromatic carbocycles. The van der Waals surface area contributed by atoms with Crippen LogP contribution in [0.3, 0.4) is 0 Å². The van der Waals surface area contributed by atoms with Crippen LogP contribution < -0.4 is 11.1 Å². The molecule has 0 bridgehead atoms. The van der Waals surface area contributed by atoms with E-state index in [-0.39, 0.29) is 11.9 Å². The smallest absolute Gasteiger partial charge is 0.271 e. The van der Waals surface area contributed by atoms with Crippen molar-refractivity contribution >= 4 is 17.2 Å². The maximum absolute atomic E-state index is 12.1. The fraction of sp³-hybridized carbons (Fsp3) is 0.714. The predicted molar refractivity (Wildman–Crippen MR) is 81.8 cm³/mol. The van der Waals surface area contributed by atoms with Gasteiger partial charge in [-0.25, -0.2) is 4.98 Å². The van der Waals surface area contributed by atoms with Crippen molar-refractivity contribution in [2.75, 3.05) is 19.6 Å². The minimum Gasteiger partial charge on any atom is -0.347 e. The highest BCUT2D eigenvalue weighted by molar-refractivity contribution is 7.09. The molecule has 1 aromatic heterocycles. The molecule has 112 valence electrons. The quantitative estimate of drug-likeness (QED) is 0.863. The number of carbonyl (C=O) groups excluding carboxylic acids is 1. The second-order valence-electron chi connectivity index (χ2n) is 5.71. The first-order valence-corrected chi connectivity index (χ1v) is 8.14. The summed E-state index contributed by atoms with van der Waals surface area (Å²) in [4.78, 5) is 18.7. The second-order valence-corrected chi connectivity index (χ2v) is 6.65. The highest BCUT2D eigenvalue weighted by atomic mass is 32.1. The number of likely N-dealkylation sites (tertiary alicyclic amines) is 1. The molecule has 5 nitrogen and oxygen atoms in total. The van der Waals surface area contributed by atoms with Crippen molar-refractivity contribution < 1.29 is 4.79 Å². The van der Waals surface area contributed by atoms with Crippen molar-refractivity contribution in [2.24, 2.45) is 11.7 Å². The highest BCUT2D eigenvalue weighted by Crippen LogP contribution is 2.15. The van der Waals surface area contributed by atoms with Crippen molar-refractivity contribution in [1.82, 2.24) is 15.2 Å². The lowest BCUT2D eigenvalue weighted by molar-refractivity contribution is 0.0915. The molecule has 2 unspecified atom stereocenters. The Hall–Kier alpha value is -0.980. The minimum atomic E-state index is -0.0986. The van der Waals surface area contributed by atoms with Gasteiger partial charge in [-0.05, 0) is 32.2 Å². The molecule has 1 aliphatic heterocycles. The van der Waals surface area contributed by atoms with Gasteiger partial charge in [-0.15, -0.1) is 11.3 Å². The Bertz CT molecular complexity index is 448. The van der Waals surface area contributed by atoms with Gasteiger partial charge in [0.2, 0.25) is 0 Å². The zero-order valence-electron chi connectivity index (χ0n) is 12.3. The maximum atomic E-state index is 12.1. The predicted octanol–water partition coefficient (Wildman–Crippen LogP) is 1.45. The molecule has 0 saturated carbocycles. The molecule has 0 aliphatic carbocycles. The third-order valence-electron chi connectivity index (χ3n) is 3.61. The average Bonchev–Trinajstić information content (AvgIpc) is 2.87. The van der Waals surface area contributed by atoms with Crippen LogP contribution in [0.1, 0.15) is 42.2 Å². The van der Waals surface area contributed by atoms with Gasteiger partial charge in [-0.1, -0.05) is 6.92 Å². The van der Waals surface area contributed by atoms with E-state index in [2.05, 4.69) is 22.1 Å². The van der Waals surface area contributed by atoms with Crippen LogP contribution in [0.15, 0.2) is 5.38 Å². The van der Waals surface area contributed by atoms with Gasteiger partial charge in [0.1, 0.15) is 10.7 Å². The molecule has 1 aromatic rings. The number of rotatable bonds is 5. The van der Waals surface area contributed by atoms with Crippen LogP contribution >= 0.6 is 11.3 Å². The molecule has 1 saturated heterocycles. The van der Waals surface area contributed by atoms with Crippen LogP contribution in [0.5, 0.6) is 0 Å². The van der Waals surface area contributed by atoms with E-state index in [0.29, 0.717) is 12.2 Å². The third-order valence-corrected chi connectivity index (χ3v) is 4.48. The molecule has 1 fully saturated rings. The SMILES string of the molecule is CC1CCCN(CC(C)NC(=O)c2csc(CN)n2)C1. The lowest BCUT2D eigenvalue weighted by Gasteiger charge is -2.32. The number of aromatic nitrogens is 1. The number of piperidine rings is 1. The lowest BCUT2D eigenvalue weighted by atomic mass is 10.00. The summed E-state index contributed by atoms with van der Waals surface area (Å²) >= 11 is 1.43. The zero-order chi connectivity index (χ0) is 14.5. The first-order valence-electron chi connectivity index (χ1n) is 7.26. The van der Waals surface area contributed by atoms with Crippen LogP contribution in [0.4, 0.5) is 0 Å². The molecule has 2 rings (SSSR count). The van der Waals surface area contributed by atoms with Crippen molar-refractivity contribution in [2.45, 2.75) is 39.3 Å². The Kier molecular flexibility index (Phi) is 5.51. The molecule has 1 aliphatic rings. The summed E-state index contributed by atoms with van der Waals surface area (Å²) in [5.41, 5.74) is 5.99. The van der Waals surface area contributed by atoms with Crippen LogP contribution in [-0.4, -0.2) is 41.5 Å². The van der Waals surface area contributed by atoms with Crippen molar-refractivity contribution in [3.8, 4) is 0 Å². The van der Waals surface area contributed by atoms with E-state index in [1.54, 1.807) is 5.38 Å². The first kappa shape index (κ1) is 15.4. The van der Waals surface area contributed by atoms with E-state index in [0.717, 1.165) is 30.6 Å². The largest absolute Gasteiger partial charge is 0.347 e. The van der Waals surface area contributed by atoms with Gasteiger partial charge in [0.05, 0.1) is 0 Å².